The Balaban J connectivity index is 3.18. The van der Waals surface area contributed by atoms with Crippen LogP contribution in [0.4, 0.5) is 0 Å². The molecule has 1 aromatic carbocycles. The van der Waals surface area contributed by atoms with Crippen LogP contribution in [-0.4, -0.2) is 8.42 Å². The minimum atomic E-state index is -3.22. The Morgan fingerprint density at radius 3 is 2.15 bits per heavy atom. The first-order chi connectivity index (χ1) is 6.02. The van der Waals surface area contributed by atoms with E-state index in [0.29, 0.717) is 4.90 Å². The Morgan fingerprint density at radius 2 is 1.69 bits per heavy atom. The van der Waals surface area contributed by atoms with E-state index in [4.69, 9.17) is 0 Å². The van der Waals surface area contributed by atoms with E-state index in [1.807, 2.05) is 0 Å². The third kappa shape index (κ3) is 2.70. The molecular weight excluding hydrogens is 184 g/mol. The quantitative estimate of drug-likeness (QED) is 0.727. The number of sulfone groups is 1. The molecule has 0 N–H and O–H groups in total. The summed E-state index contributed by atoms with van der Waals surface area (Å²) in [5.74, 6) is 0. The van der Waals surface area contributed by atoms with Crippen molar-refractivity contribution >= 4 is 9.84 Å². The van der Waals surface area contributed by atoms with Crippen LogP contribution in [0.3, 0.4) is 0 Å². The molecule has 70 valence electrons. The number of allylic oxidation sites excluding steroid dienone is 1. The van der Waals surface area contributed by atoms with Crippen molar-refractivity contribution < 1.29 is 8.42 Å². The molecule has 0 saturated carbocycles. The molecule has 0 unspecified atom stereocenters. The zero-order chi connectivity index (χ0) is 9.90. The fourth-order valence-corrected chi connectivity index (χ4v) is 2.28. The molecule has 0 saturated heterocycles. The predicted molar refractivity (Wildman–Crippen MR) is 53.1 cm³/mol. The van der Waals surface area contributed by atoms with Crippen LogP contribution in [0.25, 0.3) is 0 Å². The van der Waals surface area contributed by atoms with Gasteiger partial charge in [-0.15, -0.1) is 0 Å². The monoisotopic (exact) mass is 196 g/mol. The largest absolute Gasteiger partial charge is 0.219 e. The zero-order valence-electron chi connectivity index (χ0n) is 7.69. The van der Waals surface area contributed by atoms with Crippen molar-refractivity contribution in [3.05, 3.63) is 41.3 Å². The third-order valence-corrected chi connectivity index (χ3v) is 3.17. The van der Waals surface area contributed by atoms with E-state index in [1.54, 1.807) is 44.2 Å². The molecule has 0 aliphatic heterocycles. The molecule has 2 nitrogen and oxygen atoms in total. The smallest absolute Gasteiger partial charge is 0.199 e. The summed E-state index contributed by atoms with van der Waals surface area (Å²) < 4.78 is 23.1. The Bertz CT molecular complexity index is 398. The van der Waals surface area contributed by atoms with Crippen molar-refractivity contribution in [2.24, 2.45) is 0 Å². The normalized spacial score (nSPS) is 10.9. The lowest BCUT2D eigenvalue weighted by molar-refractivity contribution is 0.604. The molecule has 1 rings (SSSR count). The molecule has 13 heavy (non-hydrogen) atoms. The van der Waals surface area contributed by atoms with Gasteiger partial charge in [0.2, 0.25) is 0 Å². The van der Waals surface area contributed by atoms with Crippen LogP contribution in [0.1, 0.15) is 13.8 Å². The summed E-state index contributed by atoms with van der Waals surface area (Å²) >= 11 is 0. The zero-order valence-corrected chi connectivity index (χ0v) is 8.51. The lowest BCUT2D eigenvalue weighted by Gasteiger charge is -1.98. The van der Waals surface area contributed by atoms with Crippen molar-refractivity contribution in [3.8, 4) is 0 Å². The average molecular weight is 196 g/mol. The number of hydrogen-bond donors (Lipinski definition) is 0. The molecule has 0 atom stereocenters. The molecule has 0 heterocycles. The first kappa shape index (κ1) is 9.99. The summed E-state index contributed by atoms with van der Waals surface area (Å²) in [4.78, 5) is 0.344. The SMILES string of the molecule is CC(C)=CS(=O)(=O)c1ccccc1. The minimum Gasteiger partial charge on any atom is -0.219 e. The Morgan fingerprint density at radius 1 is 1.15 bits per heavy atom. The summed E-state index contributed by atoms with van der Waals surface area (Å²) in [6.45, 7) is 3.53. The molecule has 0 fully saturated rings. The van der Waals surface area contributed by atoms with Gasteiger partial charge in [-0.1, -0.05) is 23.8 Å². The summed E-state index contributed by atoms with van der Waals surface area (Å²) in [6, 6.07) is 8.41. The maximum absolute atomic E-state index is 11.6. The van der Waals surface area contributed by atoms with Crippen molar-refractivity contribution in [3.63, 3.8) is 0 Å². The lowest BCUT2D eigenvalue weighted by Crippen LogP contribution is -1.96. The van der Waals surface area contributed by atoms with Gasteiger partial charge in [-0.25, -0.2) is 8.42 Å². The van der Waals surface area contributed by atoms with Crippen LogP contribution in [0.5, 0.6) is 0 Å². The minimum absolute atomic E-state index is 0.344. The Labute approximate surface area is 78.8 Å². The molecule has 1 aromatic rings. The van der Waals surface area contributed by atoms with Crippen LogP contribution < -0.4 is 0 Å². The van der Waals surface area contributed by atoms with Crippen LogP contribution in [0.15, 0.2) is 46.2 Å². The van der Waals surface area contributed by atoms with Gasteiger partial charge in [-0.2, -0.15) is 0 Å². The van der Waals surface area contributed by atoms with Crippen molar-refractivity contribution in [2.45, 2.75) is 18.7 Å². The van der Waals surface area contributed by atoms with Gasteiger partial charge in [-0.3, -0.25) is 0 Å². The fraction of sp³-hybridized carbons (Fsp3) is 0.200. The highest BCUT2D eigenvalue weighted by molar-refractivity contribution is 7.94. The molecule has 0 amide bonds. The number of rotatable bonds is 2. The van der Waals surface area contributed by atoms with E-state index < -0.39 is 9.84 Å². The second-order valence-corrected chi connectivity index (χ2v) is 4.85. The molecule has 0 spiro atoms. The summed E-state index contributed by atoms with van der Waals surface area (Å²) in [6.07, 6.45) is 0. The second-order valence-electron chi connectivity index (χ2n) is 3.05. The molecule has 3 heteroatoms. The van der Waals surface area contributed by atoms with Gasteiger partial charge in [0.25, 0.3) is 0 Å². The van der Waals surface area contributed by atoms with E-state index >= 15 is 0 Å². The first-order valence-electron chi connectivity index (χ1n) is 3.97. The maximum Gasteiger partial charge on any atom is 0.199 e. The first-order valence-corrected chi connectivity index (χ1v) is 5.52. The number of hydrogen-bond acceptors (Lipinski definition) is 2. The van der Waals surface area contributed by atoms with Crippen LogP contribution >= 0.6 is 0 Å². The topological polar surface area (TPSA) is 34.1 Å². The summed E-state index contributed by atoms with van der Waals surface area (Å²) in [5, 5.41) is 1.28. The van der Waals surface area contributed by atoms with Gasteiger partial charge in [0.15, 0.2) is 9.84 Å². The number of benzene rings is 1. The van der Waals surface area contributed by atoms with E-state index in [1.165, 1.54) is 5.41 Å². The van der Waals surface area contributed by atoms with E-state index in [2.05, 4.69) is 0 Å². The molecule has 0 aliphatic rings. The van der Waals surface area contributed by atoms with Crippen molar-refractivity contribution in [1.29, 1.82) is 0 Å². The summed E-state index contributed by atoms with van der Waals surface area (Å²) in [7, 11) is -3.22. The lowest BCUT2D eigenvalue weighted by atomic mass is 10.4. The highest BCUT2D eigenvalue weighted by Gasteiger charge is 2.08. The van der Waals surface area contributed by atoms with Gasteiger partial charge < -0.3 is 0 Å². The average Bonchev–Trinajstić information content (AvgIpc) is 2.04. The standard InChI is InChI=1S/C10H12O2S/c1-9(2)8-13(11,12)10-6-4-3-5-7-10/h3-8H,1-2H3. The van der Waals surface area contributed by atoms with Crippen LogP contribution in [0, 0.1) is 0 Å². The van der Waals surface area contributed by atoms with Gasteiger partial charge in [0.1, 0.15) is 0 Å². The molecule has 0 aromatic heterocycles. The van der Waals surface area contributed by atoms with E-state index in [-0.39, 0.29) is 0 Å². The van der Waals surface area contributed by atoms with E-state index in [0.717, 1.165) is 5.57 Å². The maximum atomic E-state index is 11.6. The van der Waals surface area contributed by atoms with Gasteiger partial charge in [-0.05, 0) is 26.0 Å². The third-order valence-electron chi connectivity index (χ3n) is 1.46. The molecule has 0 radical (unpaired) electrons. The van der Waals surface area contributed by atoms with Gasteiger partial charge >= 0.3 is 0 Å². The highest BCUT2D eigenvalue weighted by atomic mass is 32.2. The fourth-order valence-electron chi connectivity index (χ4n) is 0.989. The van der Waals surface area contributed by atoms with Crippen molar-refractivity contribution in [1.82, 2.24) is 0 Å². The predicted octanol–water partition coefficient (Wildman–Crippen LogP) is 2.38. The van der Waals surface area contributed by atoms with Crippen molar-refractivity contribution in [2.75, 3.05) is 0 Å². The van der Waals surface area contributed by atoms with E-state index in [9.17, 15) is 8.42 Å². The molecule has 0 bridgehead atoms. The molecular formula is C10H12O2S. The Kier molecular flexibility index (Phi) is 2.88. The van der Waals surface area contributed by atoms with Gasteiger partial charge in [0, 0.05) is 5.41 Å². The summed E-state index contributed by atoms with van der Waals surface area (Å²) in [5.41, 5.74) is 0.781. The van der Waals surface area contributed by atoms with Crippen LogP contribution in [-0.2, 0) is 9.84 Å². The van der Waals surface area contributed by atoms with Gasteiger partial charge in [0.05, 0.1) is 4.90 Å². The highest BCUT2D eigenvalue weighted by Crippen LogP contribution is 2.12. The molecule has 0 aliphatic carbocycles. The second kappa shape index (κ2) is 3.75. The van der Waals surface area contributed by atoms with Crippen LogP contribution in [0.2, 0.25) is 0 Å². The Hall–Kier alpha value is -1.09.